The second-order valence-corrected chi connectivity index (χ2v) is 5.30. The van der Waals surface area contributed by atoms with Crippen molar-refractivity contribution < 1.29 is 0 Å². The van der Waals surface area contributed by atoms with Gasteiger partial charge in [-0.05, 0) is 24.6 Å². The first-order valence-electron chi connectivity index (χ1n) is 5.91. The van der Waals surface area contributed by atoms with Gasteiger partial charge in [0.2, 0.25) is 0 Å². The molecule has 0 aliphatic rings. The molecule has 1 unspecified atom stereocenters. The molecular formula is C13H13N5S. The first-order chi connectivity index (χ1) is 9.24. The average molecular weight is 271 g/mol. The fraction of sp³-hybridized carbons (Fsp3) is 0.154. The number of hydrogen-bond acceptors (Lipinski definition) is 5. The summed E-state index contributed by atoms with van der Waals surface area (Å²) in [4.78, 5) is 16.7. The standard InChI is InChI=1S/C13H13N5S/c1-8(14)9-2-4-10(5-3-9)19-13-11-12(16-6-15-11)17-7-18-13/h2-8H,14H2,1H3,(H,15,16,17,18). The summed E-state index contributed by atoms with van der Waals surface area (Å²) in [5.41, 5.74) is 8.51. The van der Waals surface area contributed by atoms with E-state index in [9.17, 15) is 0 Å². The lowest BCUT2D eigenvalue weighted by molar-refractivity contribution is 0.817. The molecule has 6 heteroatoms. The lowest BCUT2D eigenvalue weighted by atomic mass is 10.1. The van der Waals surface area contributed by atoms with E-state index in [1.165, 1.54) is 6.33 Å². The van der Waals surface area contributed by atoms with Gasteiger partial charge in [-0.15, -0.1) is 0 Å². The number of aromatic amines is 1. The maximum Gasteiger partial charge on any atom is 0.181 e. The molecular weight excluding hydrogens is 258 g/mol. The molecule has 96 valence electrons. The zero-order chi connectivity index (χ0) is 13.2. The van der Waals surface area contributed by atoms with E-state index < -0.39 is 0 Å². The van der Waals surface area contributed by atoms with Crippen molar-refractivity contribution in [1.29, 1.82) is 0 Å². The summed E-state index contributed by atoms with van der Waals surface area (Å²) in [6.45, 7) is 1.97. The maximum absolute atomic E-state index is 5.84. The van der Waals surface area contributed by atoms with E-state index in [0.717, 1.165) is 21.0 Å². The molecule has 0 aliphatic carbocycles. The van der Waals surface area contributed by atoms with Gasteiger partial charge in [-0.3, -0.25) is 0 Å². The maximum atomic E-state index is 5.84. The van der Waals surface area contributed by atoms with Gasteiger partial charge in [0.1, 0.15) is 16.9 Å². The van der Waals surface area contributed by atoms with Crippen molar-refractivity contribution in [2.75, 3.05) is 0 Å². The molecule has 0 radical (unpaired) electrons. The van der Waals surface area contributed by atoms with Gasteiger partial charge in [0.25, 0.3) is 0 Å². The van der Waals surface area contributed by atoms with Crippen LogP contribution < -0.4 is 5.73 Å². The van der Waals surface area contributed by atoms with Gasteiger partial charge in [0.05, 0.1) is 6.33 Å². The average Bonchev–Trinajstić information content (AvgIpc) is 2.89. The summed E-state index contributed by atoms with van der Waals surface area (Å²) in [6, 6.07) is 8.23. The Labute approximate surface area is 114 Å². The highest BCUT2D eigenvalue weighted by atomic mass is 32.2. The van der Waals surface area contributed by atoms with E-state index in [2.05, 4.69) is 19.9 Å². The van der Waals surface area contributed by atoms with Crippen molar-refractivity contribution in [3.63, 3.8) is 0 Å². The highest BCUT2D eigenvalue weighted by Gasteiger charge is 2.07. The van der Waals surface area contributed by atoms with Gasteiger partial charge in [-0.1, -0.05) is 23.9 Å². The van der Waals surface area contributed by atoms with Gasteiger partial charge in [-0.25, -0.2) is 15.0 Å². The number of hydrogen-bond donors (Lipinski definition) is 2. The molecule has 2 heterocycles. The highest BCUT2D eigenvalue weighted by Crippen LogP contribution is 2.30. The van der Waals surface area contributed by atoms with Crippen LogP contribution in [-0.4, -0.2) is 19.9 Å². The summed E-state index contributed by atoms with van der Waals surface area (Å²) in [7, 11) is 0. The monoisotopic (exact) mass is 271 g/mol. The third-order valence-electron chi connectivity index (χ3n) is 2.81. The first-order valence-corrected chi connectivity index (χ1v) is 6.73. The first kappa shape index (κ1) is 12.1. The number of aromatic nitrogens is 4. The minimum atomic E-state index is 0.0532. The number of benzene rings is 1. The lowest BCUT2D eigenvalue weighted by Crippen LogP contribution is -2.04. The number of fused-ring (bicyclic) bond motifs is 1. The molecule has 19 heavy (non-hydrogen) atoms. The molecule has 3 N–H and O–H groups in total. The number of rotatable bonds is 3. The fourth-order valence-electron chi connectivity index (χ4n) is 1.77. The van der Waals surface area contributed by atoms with Crippen LogP contribution in [0.15, 0.2) is 46.8 Å². The van der Waals surface area contributed by atoms with E-state index in [0.29, 0.717) is 5.65 Å². The lowest BCUT2D eigenvalue weighted by Gasteiger charge is -2.06. The topological polar surface area (TPSA) is 80.5 Å². The van der Waals surface area contributed by atoms with E-state index in [1.54, 1.807) is 18.1 Å². The summed E-state index contributed by atoms with van der Waals surface area (Å²) in [5.74, 6) is 0. The van der Waals surface area contributed by atoms with Crippen LogP contribution in [0.4, 0.5) is 0 Å². The van der Waals surface area contributed by atoms with Crippen LogP contribution in [-0.2, 0) is 0 Å². The van der Waals surface area contributed by atoms with E-state index in [-0.39, 0.29) is 6.04 Å². The Hall–Kier alpha value is -1.92. The summed E-state index contributed by atoms with van der Waals surface area (Å²) in [5, 5.41) is 0.871. The Morgan fingerprint density at radius 1 is 1.16 bits per heavy atom. The molecule has 3 rings (SSSR count). The Morgan fingerprint density at radius 3 is 2.68 bits per heavy atom. The van der Waals surface area contributed by atoms with Crippen molar-refractivity contribution in [2.24, 2.45) is 5.73 Å². The Balaban J connectivity index is 1.90. The molecule has 3 aromatic rings. The molecule has 1 aromatic carbocycles. The minimum Gasteiger partial charge on any atom is -0.341 e. The van der Waals surface area contributed by atoms with Crippen LogP contribution in [0, 0.1) is 0 Å². The molecule has 0 saturated heterocycles. The molecule has 0 bridgehead atoms. The Kier molecular flexibility index (Phi) is 3.18. The van der Waals surface area contributed by atoms with Crippen LogP contribution in [0.5, 0.6) is 0 Å². The quantitative estimate of drug-likeness (QED) is 0.715. The minimum absolute atomic E-state index is 0.0532. The van der Waals surface area contributed by atoms with Crippen LogP contribution in [0.1, 0.15) is 18.5 Å². The van der Waals surface area contributed by atoms with Gasteiger partial charge in [0.15, 0.2) is 5.65 Å². The van der Waals surface area contributed by atoms with Gasteiger partial charge in [0, 0.05) is 10.9 Å². The molecule has 0 saturated carbocycles. The molecule has 2 aromatic heterocycles. The largest absolute Gasteiger partial charge is 0.341 e. The van der Waals surface area contributed by atoms with Crippen LogP contribution in [0.25, 0.3) is 11.2 Å². The molecule has 5 nitrogen and oxygen atoms in total. The third kappa shape index (κ3) is 2.45. The van der Waals surface area contributed by atoms with Crippen molar-refractivity contribution >= 4 is 22.9 Å². The number of nitrogens with zero attached hydrogens (tertiary/aromatic N) is 3. The van der Waals surface area contributed by atoms with Gasteiger partial charge >= 0.3 is 0 Å². The van der Waals surface area contributed by atoms with Crippen molar-refractivity contribution in [3.8, 4) is 0 Å². The molecule has 0 amide bonds. The smallest absolute Gasteiger partial charge is 0.181 e. The Bertz CT molecular complexity index is 690. The van der Waals surface area contributed by atoms with Crippen molar-refractivity contribution in [1.82, 2.24) is 19.9 Å². The fourth-order valence-corrected chi connectivity index (χ4v) is 2.62. The molecule has 0 aliphatic heterocycles. The van der Waals surface area contributed by atoms with Gasteiger partial charge < -0.3 is 10.7 Å². The van der Waals surface area contributed by atoms with Gasteiger partial charge in [-0.2, -0.15) is 0 Å². The zero-order valence-electron chi connectivity index (χ0n) is 10.4. The zero-order valence-corrected chi connectivity index (χ0v) is 11.2. The molecule has 0 fully saturated rings. The third-order valence-corrected chi connectivity index (χ3v) is 3.82. The summed E-state index contributed by atoms with van der Waals surface area (Å²) < 4.78 is 0. The second-order valence-electron chi connectivity index (χ2n) is 4.24. The number of nitrogens with one attached hydrogen (secondary N) is 1. The van der Waals surface area contributed by atoms with Crippen LogP contribution in [0.2, 0.25) is 0 Å². The summed E-state index contributed by atoms with van der Waals surface area (Å²) >= 11 is 1.58. The van der Waals surface area contributed by atoms with Crippen LogP contribution >= 0.6 is 11.8 Å². The predicted molar refractivity (Wildman–Crippen MR) is 74.9 cm³/mol. The summed E-state index contributed by atoms with van der Waals surface area (Å²) in [6.07, 6.45) is 3.16. The Morgan fingerprint density at radius 2 is 1.95 bits per heavy atom. The normalized spacial score (nSPS) is 12.7. The predicted octanol–water partition coefficient (Wildman–Crippen LogP) is 2.52. The highest BCUT2D eigenvalue weighted by molar-refractivity contribution is 7.99. The molecule has 0 spiro atoms. The number of imidazole rings is 1. The molecule has 1 atom stereocenters. The van der Waals surface area contributed by atoms with E-state index in [1.807, 2.05) is 31.2 Å². The van der Waals surface area contributed by atoms with E-state index >= 15 is 0 Å². The number of H-pyrrole nitrogens is 1. The van der Waals surface area contributed by atoms with E-state index in [4.69, 9.17) is 5.73 Å². The van der Waals surface area contributed by atoms with Crippen molar-refractivity contribution in [2.45, 2.75) is 22.9 Å². The SMILES string of the molecule is CC(N)c1ccc(Sc2ncnc3nc[nH]c23)cc1. The number of nitrogens with two attached hydrogens (primary N) is 1. The van der Waals surface area contributed by atoms with Crippen LogP contribution in [0.3, 0.4) is 0 Å². The van der Waals surface area contributed by atoms with Crippen molar-refractivity contribution in [3.05, 3.63) is 42.5 Å². The second kappa shape index (κ2) is 4.99.